The van der Waals surface area contributed by atoms with Gasteiger partial charge in [0, 0.05) is 18.8 Å². The van der Waals surface area contributed by atoms with E-state index < -0.39 is 11.7 Å². The lowest BCUT2D eigenvalue weighted by molar-refractivity contribution is -0.137. The summed E-state index contributed by atoms with van der Waals surface area (Å²) >= 11 is 0. The minimum absolute atomic E-state index is 0.116. The molecule has 0 aliphatic carbocycles. The molecule has 0 aromatic heterocycles. The van der Waals surface area contributed by atoms with Crippen LogP contribution in [0, 0.1) is 5.92 Å². The highest BCUT2D eigenvalue weighted by Crippen LogP contribution is 2.32. The first-order valence-electron chi connectivity index (χ1n) is 13.5. The van der Waals surface area contributed by atoms with Crippen molar-refractivity contribution in [2.75, 3.05) is 13.1 Å². The minimum atomic E-state index is -4.29. The summed E-state index contributed by atoms with van der Waals surface area (Å²) in [5, 5.41) is 0. The van der Waals surface area contributed by atoms with Gasteiger partial charge in [-0.25, -0.2) is 0 Å². The third-order valence-electron chi connectivity index (χ3n) is 6.13. The Morgan fingerprint density at radius 1 is 1.08 bits per heavy atom. The molecule has 0 unspecified atom stereocenters. The van der Waals surface area contributed by atoms with Gasteiger partial charge in [0.1, 0.15) is 0 Å². The van der Waals surface area contributed by atoms with Crippen molar-refractivity contribution < 1.29 is 13.2 Å². The van der Waals surface area contributed by atoms with Crippen LogP contribution in [-0.2, 0) is 6.18 Å². The van der Waals surface area contributed by atoms with Gasteiger partial charge in [0.15, 0.2) is 0 Å². The molecule has 0 saturated carbocycles. The number of halogens is 3. The predicted molar refractivity (Wildman–Crippen MR) is 157 cm³/mol. The topological polar surface area (TPSA) is 3.24 Å². The Kier molecular flexibility index (Phi) is 17.1. The Hall–Kier alpha value is -2.75. The number of alkyl halides is 3. The number of nitrogens with zero attached hydrogens (tertiary/aromatic N) is 1. The van der Waals surface area contributed by atoms with Crippen molar-refractivity contribution in [3.8, 4) is 0 Å². The van der Waals surface area contributed by atoms with E-state index in [0.717, 1.165) is 49.9 Å². The average molecular weight is 516 g/mol. The molecule has 1 saturated heterocycles. The van der Waals surface area contributed by atoms with Gasteiger partial charge in [-0.2, -0.15) is 13.2 Å². The van der Waals surface area contributed by atoms with Crippen molar-refractivity contribution in [2.24, 2.45) is 5.92 Å². The molecule has 4 heteroatoms. The SMILES string of the molecule is C=C(/C=C\C=C(/C)C(=C)N1CCC(C)CC1)/C(=C/CC)CCC.C=Cc1ccccc1C(F)(F)F.CC. The van der Waals surface area contributed by atoms with Gasteiger partial charge in [0.2, 0.25) is 0 Å². The summed E-state index contributed by atoms with van der Waals surface area (Å²) in [6.07, 6.45) is 11.5. The lowest BCUT2D eigenvalue weighted by Gasteiger charge is -2.33. The number of likely N-dealkylation sites (tertiary alicyclic amines) is 1. The maximum atomic E-state index is 12.2. The molecule has 206 valence electrons. The molecule has 0 atom stereocenters. The smallest absolute Gasteiger partial charge is 0.372 e. The molecule has 1 nitrogen and oxygen atoms in total. The average Bonchev–Trinajstić information content (AvgIpc) is 2.89. The lowest BCUT2D eigenvalue weighted by Crippen LogP contribution is -2.32. The maximum absolute atomic E-state index is 12.2. The fourth-order valence-electron chi connectivity index (χ4n) is 3.88. The number of hydrogen-bond acceptors (Lipinski definition) is 1. The first kappa shape index (κ1) is 34.2. The largest absolute Gasteiger partial charge is 0.416 e. The molecule has 1 aliphatic heterocycles. The van der Waals surface area contributed by atoms with Gasteiger partial charge in [0.25, 0.3) is 0 Å². The summed E-state index contributed by atoms with van der Waals surface area (Å²) in [7, 11) is 0. The normalized spacial score (nSPS) is 14.9. The van der Waals surface area contributed by atoms with Crippen LogP contribution in [0.2, 0.25) is 0 Å². The predicted octanol–water partition coefficient (Wildman–Crippen LogP) is 10.8. The molecule has 0 radical (unpaired) electrons. The number of hydrogen-bond donors (Lipinski definition) is 0. The molecule has 1 fully saturated rings. The van der Waals surface area contributed by atoms with Crippen molar-refractivity contribution in [3.05, 3.63) is 102 Å². The van der Waals surface area contributed by atoms with E-state index in [1.165, 1.54) is 47.9 Å². The summed E-state index contributed by atoms with van der Waals surface area (Å²) in [6.45, 7) is 27.0. The van der Waals surface area contributed by atoms with Gasteiger partial charge in [-0.15, -0.1) is 0 Å². The molecule has 0 amide bonds. The van der Waals surface area contributed by atoms with E-state index in [4.69, 9.17) is 0 Å². The van der Waals surface area contributed by atoms with Crippen LogP contribution in [0.4, 0.5) is 13.2 Å². The molecular weight excluding hydrogens is 467 g/mol. The van der Waals surface area contributed by atoms with Gasteiger partial charge in [-0.05, 0) is 66.9 Å². The summed E-state index contributed by atoms with van der Waals surface area (Å²) < 4.78 is 36.6. The molecule has 1 aromatic rings. The highest BCUT2D eigenvalue weighted by Gasteiger charge is 2.32. The zero-order valence-electron chi connectivity index (χ0n) is 23.9. The second-order valence-electron chi connectivity index (χ2n) is 9.03. The fourth-order valence-corrected chi connectivity index (χ4v) is 3.88. The highest BCUT2D eigenvalue weighted by molar-refractivity contribution is 5.52. The number of benzene rings is 1. The van der Waals surface area contributed by atoms with Crippen LogP contribution in [0.5, 0.6) is 0 Å². The number of allylic oxidation sites excluding steroid dienone is 7. The number of piperidine rings is 1. The molecule has 1 heterocycles. The third-order valence-corrected chi connectivity index (χ3v) is 6.13. The van der Waals surface area contributed by atoms with Gasteiger partial charge in [0.05, 0.1) is 5.56 Å². The monoisotopic (exact) mass is 515 g/mol. The first-order chi connectivity index (χ1) is 17.5. The summed E-state index contributed by atoms with van der Waals surface area (Å²) in [5.41, 5.74) is 4.41. The molecule has 1 aromatic carbocycles. The van der Waals surface area contributed by atoms with Gasteiger partial charge >= 0.3 is 6.18 Å². The van der Waals surface area contributed by atoms with E-state index in [-0.39, 0.29) is 5.56 Å². The zero-order valence-corrected chi connectivity index (χ0v) is 23.9. The molecule has 0 bridgehead atoms. The van der Waals surface area contributed by atoms with Crippen LogP contribution in [0.3, 0.4) is 0 Å². The van der Waals surface area contributed by atoms with Crippen LogP contribution < -0.4 is 0 Å². The molecular formula is C33H48F3N. The van der Waals surface area contributed by atoms with Gasteiger partial charge in [-0.3, -0.25) is 0 Å². The minimum Gasteiger partial charge on any atom is -0.372 e. The lowest BCUT2D eigenvalue weighted by atomic mass is 9.98. The van der Waals surface area contributed by atoms with E-state index in [9.17, 15) is 13.2 Å². The summed E-state index contributed by atoms with van der Waals surface area (Å²) in [5.74, 6) is 0.855. The highest BCUT2D eigenvalue weighted by atomic mass is 19.4. The standard InChI is InChI=1S/C22H35N.C9H7F3.C2H6/c1-7-10-22(11-8-2)20(5)13-9-12-19(4)21(6)23-16-14-18(3)15-17-23;1-2-7-5-3-4-6-8(7)9(10,11)12;1-2/h9-10,12-13,18H,5-8,11,14-17H2,1-4H3;2-6H,1H2;1-2H3/b13-9-,19-12+,22-10+;;. The second-order valence-corrected chi connectivity index (χ2v) is 9.03. The Morgan fingerprint density at radius 3 is 2.16 bits per heavy atom. The molecule has 37 heavy (non-hydrogen) atoms. The van der Waals surface area contributed by atoms with E-state index >= 15 is 0 Å². The Morgan fingerprint density at radius 2 is 1.68 bits per heavy atom. The third kappa shape index (κ3) is 12.9. The van der Waals surface area contributed by atoms with Crippen LogP contribution in [-0.4, -0.2) is 18.0 Å². The maximum Gasteiger partial charge on any atom is 0.416 e. The summed E-state index contributed by atoms with van der Waals surface area (Å²) in [4.78, 5) is 2.42. The number of rotatable bonds is 9. The Bertz CT molecular complexity index is 923. The second kappa shape index (κ2) is 18.5. The Labute approximate surface area is 224 Å². The van der Waals surface area contributed by atoms with E-state index in [1.807, 2.05) is 13.8 Å². The van der Waals surface area contributed by atoms with Crippen LogP contribution in [0.25, 0.3) is 6.08 Å². The van der Waals surface area contributed by atoms with E-state index in [2.05, 4.69) is 76.6 Å². The van der Waals surface area contributed by atoms with Crippen molar-refractivity contribution in [3.63, 3.8) is 0 Å². The van der Waals surface area contributed by atoms with E-state index in [1.54, 1.807) is 6.07 Å². The molecule has 2 rings (SSSR count). The summed E-state index contributed by atoms with van der Waals surface area (Å²) in [6, 6.07) is 5.33. The van der Waals surface area contributed by atoms with Crippen LogP contribution in [0.1, 0.15) is 84.8 Å². The van der Waals surface area contributed by atoms with Gasteiger partial charge < -0.3 is 4.90 Å². The van der Waals surface area contributed by atoms with Crippen molar-refractivity contribution in [1.82, 2.24) is 4.90 Å². The quantitative estimate of drug-likeness (QED) is 0.296. The van der Waals surface area contributed by atoms with E-state index in [0.29, 0.717) is 0 Å². The van der Waals surface area contributed by atoms with Crippen LogP contribution in [0.15, 0.2) is 90.7 Å². The molecule has 0 N–H and O–H groups in total. The molecule has 0 spiro atoms. The molecule has 1 aliphatic rings. The van der Waals surface area contributed by atoms with Crippen molar-refractivity contribution in [2.45, 2.75) is 79.8 Å². The fraction of sp³-hybridized carbons (Fsp3) is 0.455. The zero-order chi connectivity index (χ0) is 28.4. The Balaban J connectivity index is 0.000000775. The van der Waals surface area contributed by atoms with Crippen molar-refractivity contribution in [1.29, 1.82) is 0 Å². The van der Waals surface area contributed by atoms with Crippen LogP contribution >= 0.6 is 0 Å². The first-order valence-corrected chi connectivity index (χ1v) is 13.5. The van der Waals surface area contributed by atoms with Gasteiger partial charge in [-0.1, -0.05) is 109 Å². The van der Waals surface area contributed by atoms with Crippen molar-refractivity contribution >= 4 is 6.08 Å².